The highest BCUT2D eigenvalue weighted by molar-refractivity contribution is 6.38. The van der Waals surface area contributed by atoms with Crippen molar-refractivity contribution in [2.24, 2.45) is 0 Å². The summed E-state index contributed by atoms with van der Waals surface area (Å²) in [4.78, 5) is 18.1. The number of carbonyl (C=O) groups excluding carboxylic acids is 1. The highest BCUT2D eigenvalue weighted by Gasteiger charge is 2.22. The lowest BCUT2D eigenvalue weighted by Crippen LogP contribution is -2.15. The van der Waals surface area contributed by atoms with Crippen LogP contribution in [0.2, 0.25) is 5.02 Å². The van der Waals surface area contributed by atoms with Gasteiger partial charge in [-0.2, -0.15) is 5.21 Å². The number of hydrogen-bond acceptors (Lipinski definition) is 5. The Morgan fingerprint density at radius 3 is 2.58 bits per heavy atom. The summed E-state index contributed by atoms with van der Waals surface area (Å²) in [6.07, 6.45) is 0. The molecule has 5 aromatic rings. The third-order valence-electron chi connectivity index (χ3n) is 5.18. The number of aromatic nitrogens is 5. The number of nitrogens with one attached hydrogen (secondary N) is 2. The maximum atomic E-state index is 14.8. The summed E-state index contributed by atoms with van der Waals surface area (Å²) in [5.41, 5.74) is 3.46. The monoisotopic (exact) mass is 458 g/mol. The van der Waals surface area contributed by atoms with E-state index >= 15 is 0 Å². The maximum Gasteiger partial charge on any atom is 0.258 e. The van der Waals surface area contributed by atoms with Crippen molar-refractivity contribution in [2.45, 2.75) is 6.92 Å². The summed E-state index contributed by atoms with van der Waals surface area (Å²) in [5.74, 6) is -0.932. The minimum Gasteiger partial charge on any atom is -0.319 e. The number of hydrogen-bond donors (Lipinski definition) is 2. The molecular formula is C24H16ClFN6O. The molecule has 5 rings (SSSR count). The Labute approximate surface area is 192 Å². The molecule has 0 saturated heterocycles. The first kappa shape index (κ1) is 20.7. The average Bonchev–Trinajstić information content (AvgIpc) is 3.35. The number of rotatable bonds is 4. The SMILES string of the molecule is Cc1ccc2nc(-c3ccccc3)c(Cl)c(C(=O)Nc3ccc(-c4nn[nH]n4)cc3F)c2c1. The number of anilines is 1. The van der Waals surface area contributed by atoms with Gasteiger partial charge in [0.1, 0.15) is 5.82 Å². The number of benzene rings is 3. The molecule has 7 nitrogen and oxygen atoms in total. The van der Waals surface area contributed by atoms with Crippen molar-refractivity contribution < 1.29 is 9.18 Å². The summed E-state index contributed by atoms with van der Waals surface area (Å²) in [5, 5.41) is 16.9. The fraction of sp³-hybridized carbons (Fsp3) is 0.0417. The molecule has 0 aliphatic rings. The second-order valence-corrected chi connectivity index (χ2v) is 7.80. The van der Waals surface area contributed by atoms with E-state index in [9.17, 15) is 9.18 Å². The number of aromatic amines is 1. The van der Waals surface area contributed by atoms with Gasteiger partial charge in [-0.15, -0.1) is 10.2 Å². The molecule has 2 aromatic heterocycles. The van der Waals surface area contributed by atoms with Crippen molar-refractivity contribution in [2.75, 3.05) is 5.32 Å². The number of carbonyl (C=O) groups is 1. The maximum absolute atomic E-state index is 14.8. The predicted octanol–water partition coefficient (Wildman–Crippen LogP) is 5.44. The van der Waals surface area contributed by atoms with E-state index in [2.05, 4.69) is 30.9 Å². The Hall–Kier alpha value is -4.17. The van der Waals surface area contributed by atoms with Crippen molar-refractivity contribution in [3.8, 4) is 22.6 Å². The van der Waals surface area contributed by atoms with E-state index in [0.29, 0.717) is 22.2 Å². The highest BCUT2D eigenvalue weighted by atomic mass is 35.5. The summed E-state index contributed by atoms with van der Waals surface area (Å²) in [6.45, 7) is 1.91. The zero-order valence-corrected chi connectivity index (χ0v) is 18.1. The van der Waals surface area contributed by atoms with Gasteiger partial charge in [0, 0.05) is 16.5 Å². The van der Waals surface area contributed by atoms with Gasteiger partial charge in [0.05, 0.1) is 27.5 Å². The minimum atomic E-state index is -0.639. The lowest BCUT2D eigenvalue weighted by Gasteiger charge is -2.14. The fourth-order valence-corrected chi connectivity index (χ4v) is 3.93. The van der Waals surface area contributed by atoms with Crippen LogP contribution >= 0.6 is 11.6 Å². The van der Waals surface area contributed by atoms with Gasteiger partial charge >= 0.3 is 0 Å². The van der Waals surface area contributed by atoms with E-state index in [1.165, 1.54) is 12.1 Å². The van der Waals surface area contributed by atoms with Gasteiger partial charge in [-0.3, -0.25) is 4.79 Å². The van der Waals surface area contributed by atoms with Crippen molar-refractivity contribution in [1.29, 1.82) is 0 Å². The zero-order valence-electron chi connectivity index (χ0n) is 17.3. The largest absolute Gasteiger partial charge is 0.319 e. The predicted molar refractivity (Wildman–Crippen MR) is 124 cm³/mol. The van der Waals surface area contributed by atoms with E-state index < -0.39 is 11.7 Å². The normalized spacial score (nSPS) is 11.0. The lowest BCUT2D eigenvalue weighted by molar-refractivity contribution is 0.102. The molecule has 0 aliphatic carbocycles. The van der Waals surface area contributed by atoms with Crippen LogP contribution in [0.3, 0.4) is 0 Å². The molecule has 33 heavy (non-hydrogen) atoms. The minimum absolute atomic E-state index is 0.00203. The van der Waals surface area contributed by atoms with E-state index in [1.807, 2.05) is 55.5 Å². The Kier molecular flexibility index (Phi) is 5.27. The second-order valence-electron chi connectivity index (χ2n) is 7.42. The fourth-order valence-electron chi connectivity index (χ4n) is 3.59. The molecular weight excluding hydrogens is 443 g/mol. The van der Waals surface area contributed by atoms with Crippen LogP contribution in [0.25, 0.3) is 33.5 Å². The Morgan fingerprint density at radius 2 is 1.85 bits per heavy atom. The molecule has 0 unspecified atom stereocenters. The van der Waals surface area contributed by atoms with Crippen molar-refractivity contribution in [3.05, 3.63) is 88.7 Å². The number of amides is 1. The quantitative estimate of drug-likeness (QED) is 0.374. The first-order valence-electron chi connectivity index (χ1n) is 10.0. The zero-order chi connectivity index (χ0) is 22.9. The van der Waals surface area contributed by atoms with Crippen LogP contribution < -0.4 is 5.32 Å². The highest BCUT2D eigenvalue weighted by Crippen LogP contribution is 2.35. The lowest BCUT2D eigenvalue weighted by atomic mass is 10.0. The third kappa shape index (κ3) is 3.92. The summed E-state index contributed by atoms with van der Waals surface area (Å²) in [6, 6.07) is 19.2. The third-order valence-corrected chi connectivity index (χ3v) is 5.54. The Morgan fingerprint density at radius 1 is 1.03 bits per heavy atom. The molecule has 3 aromatic carbocycles. The average molecular weight is 459 g/mol. The number of nitrogens with zero attached hydrogens (tertiary/aromatic N) is 4. The van der Waals surface area contributed by atoms with Crippen LogP contribution in [0, 0.1) is 12.7 Å². The first-order valence-corrected chi connectivity index (χ1v) is 10.4. The number of fused-ring (bicyclic) bond motifs is 1. The van der Waals surface area contributed by atoms with Crippen LogP contribution in [0.15, 0.2) is 66.7 Å². The number of pyridine rings is 1. The summed E-state index contributed by atoms with van der Waals surface area (Å²) >= 11 is 6.72. The van der Waals surface area contributed by atoms with Crippen LogP contribution in [-0.2, 0) is 0 Å². The van der Waals surface area contributed by atoms with Gasteiger partial charge in [-0.25, -0.2) is 9.37 Å². The molecule has 0 saturated carbocycles. The second kappa shape index (κ2) is 8.40. The Bertz CT molecular complexity index is 1490. The first-order chi connectivity index (χ1) is 16.0. The molecule has 1 amide bonds. The standard InChI is InChI=1S/C24H16ClFN6O/c1-13-7-9-18-16(11-13)20(21(25)22(27-18)14-5-3-2-4-6-14)24(33)28-19-10-8-15(12-17(19)26)23-29-31-32-30-23/h2-12H,1H3,(H,28,33)(H,29,30,31,32). The molecule has 0 fully saturated rings. The van der Waals surface area contributed by atoms with Gasteiger partial charge in [0.2, 0.25) is 5.82 Å². The molecule has 2 N–H and O–H groups in total. The van der Waals surface area contributed by atoms with Gasteiger partial charge in [0.15, 0.2) is 0 Å². The molecule has 0 atom stereocenters. The molecule has 9 heteroatoms. The number of tetrazole rings is 1. The van der Waals surface area contributed by atoms with E-state index in [0.717, 1.165) is 11.1 Å². The van der Waals surface area contributed by atoms with Crippen LogP contribution in [0.5, 0.6) is 0 Å². The molecule has 0 aliphatic heterocycles. The van der Waals surface area contributed by atoms with E-state index in [1.54, 1.807) is 6.07 Å². The molecule has 162 valence electrons. The van der Waals surface area contributed by atoms with Crippen molar-refractivity contribution >= 4 is 34.1 Å². The smallest absolute Gasteiger partial charge is 0.258 e. The van der Waals surface area contributed by atoms with Gasteiger partial charge < -0.3 is 5.32 Å². The molecule has 2 heterocycles. The van der Waals surface area contributed by atoms with Gasteiger partial charge in [0.25, 0.3) is 5.91 Å². The van der Waals surface area contributed by atoms with Crippen molar-refractivity contribution in [3.63, 3.8) is 0 Å². The number of aryl methyl sites for hydroxylation is 1. The number of halogens is 2. The molecule has 0 radical (unpaired) electrons. The van der Waals surface area contributed by atoms with E-state index in [-0.39, 0.29) is 22.1 Å². The topological polar surface area (TPSA) is 96.5 Å². The van der Waals surface area contributed by atoms with Gasteiger partial charge in [-0.1, -0.05) is 53.6 Å². The van der Waals surface area contributed by atoms with Crippen LogP contribution in [0.4, 0.5) is 10.1 Å². The van der Waals surface area contributed by atoms with Crippen molar-refractivity contribution in [1.82, 2.24) is 25.6 Å². The van der Waals surface area contributed by atoms with E-state index in [4.69, 9.17) is 11.6 Å². The number of H-pyrrole nitrogens is 1. The van der Waals surface area contributed by atoms with Crippen LogP contribution in [-0.4, -0.2) is 31.5 Å². The molecule has 0 bridgehead atoms. The Balaban J connectivity index is 1.59. The summed E-state index contributed by atoms with van der Waals surface area (Å²) in [7, 11) is 0. The summed E-state index contributed by atoms with van der Waals surface area (Å²) < 4.78 is 14.8. The molecule has 0 spiro atoms. The van der Waals surface area contributed by atoms with Gasteiger partial charge in [-0.05, 0) is 42.5 Å². The van der Waals surface area contributed by atoms with Crippen LogP contribution in [0.1, 0.15) is 15.9 Å².